The van der Waals surface area contributed by atoms with Gasteiger partial charge in [-0.1, -0.05) is 12.1 Å². The van der Waals surface area contributed by atoms with Gasteiger partial charge in [-0.25, -0.2) is 9.97 Å². The van der Waals surface area contributed by atoms with Crippen molar-refractivity contribution in [1.82, 2.24) is 19.5 Å². The molecule has 0 bridgehead atoms. The first-order valence-electron chi connectivity index (χ1n) is 8.39. The Morgan fingerprint density at radius 2 is 1.88 bits per heavy atom. The van der Waals surface area contributed by atoms with Gasteiger partial charge in [0.1, 0.15) is 11.6 Å². The first kappa shape index (κ1) is 14.9. The van der Waals surface area contributed by atoms with Gasteiger partial charge in [-0.15, -0.1) is 0 Å². The summed E-state index contributed by atoms with van der Waals surface area (Å²) in [6.07, 6.45) is 3.94. The van der Waals surface area contributed by atoms with Crippen LogP contribution < -0.4 is 10.6 Å². The highest BCUT2D eigenvalue weighted by molar-refractivity contribution is 5.75. The third-order valence-corrected chi connectivity index (χ3v) is 4.95. The maximum atomic E-state index is 5.75. The van der Waals surface area contributed by atoms with E-state index in [1.165, 1.54) is 11.3 Å². The average molecular weight is 322 g/mol. The van der Waals surface area contributed by atoms with Crippen LogP contribution in [0.3, 0.4) is 0 Å². The first-order chi connectivity index (χ1) is 11.6. The molecule has 2 aromatic heterocycles. The maximum Gasteiger partial charge on any atom is 0.221 e. The minimum Gasteiger partial charge on any atom is -0.368 e. The van der Waals surface area contributed by atoms with E-state index in [9.17, 15) is 0 Å². The lowest BCUT2D eigenvalue weighted by molar-refractivity contribution is 0.474. The number of piperidine rings is 1. The summed E-state index contributed by atoms with van der Waals surface area (Å²) in [7, 11) is 2.12. The predicted molar refractivity (Wildman–Crippen MR) is 96.1 cm³/mol. The number of nitrogen functional groups attached to an aromatic ring is 1. The van der Waals surface area contributed by atoms with Crippen LogP contribution in [-0.4, -0.2) is 32.6 Å². The van der Waals surface area contributed by atoms with Crippen molar-refractivity contribution in [1.29, 1.82) is 0 Å². The second-order valence-corrected chi connectivity index (χ2v) is 6.51. The SMILES string of the molecule is Cc1cnc(N)nc1N1CCC(c2nc3ccccc3n2C)CC1. The van der Waals surface area contributed by atoms with E-state index < -0.39 is 0 Å². The van der Waals surface area contributed by atoms with Crippen molar-refractivity contribution in [2.75, 3.05) is 23.7 Å². The van der Waals surface area contributed by atoms with Gasteiger partial charge in [0.05, 0.1) is 11.0 Å². The molecule has 1 saturated heterocycles. The molecule has 0 aliphatic carbocycles. The molecule has 0 spiro atoms. The van der Waals surface area contributed by atoms with E-state index in [0.717, 1.165) is 42.8 Å². The number of imidazole rings is 1. The summed E-state index contributed by atoms with van der Waals surface area (Å²) in [5.41, 5.74) is 9.11. The molecule has 0 amide bonds. The van der Waals surface area contributed by atoms with Crippen LogP contribution in [0.1, 0.15) is 30.1 Å². The molecule has 3 heterocycles. The molecule has 24 heavy (non-hydrogen) atoms. The smallest absolute Gasteiger partial charge is 0.221 e. The predicted octanol–water partition coefficient (Wildman–Crippen LogP) is 2.64. The van der Waals surface area contributed by atoms with Gasteiger partial charge in [-0.3, -0.25) is 0 Å². The first-order valence-corrected chi connectivity index (χ1v) is 8.39. The van der Waals surface area contributed by atoms with Crippen LogP contribution in [0.25, 0.3) is 11.0 Å². The number of fused-ring (bicyclic) bond motifs is 1. The standard InChI is InChI=1S/C18H22N6/c1-12-11-20-18(19)22-16(12)24-9-7-13(8-10-24)17-21-14-5-3-4-6-15(14)23(17)2/h3-6,11,13H,7-10H2,1-2H3,(H2,19,20,22). The highest BCUT2D eigenvalue weighted by Gasteiger charge is 2.26. The van der Waals surface area contributed by atoms with E-state index in [-0.39, 0.29) is 0 Å². The van der Waals surface area contributed by atoms with Crippen LogP contribution in [0.5, 0.6) is 0 Å². The number of hydrogen-bond donors (Lipinski definition) is 1. The zero-order valence-electron chi connectivity index (χ0n) is 14.1. The van der Waals surface area contributed by atoms with Crippen molar-refractivity contribution >= 4 is 22.8 Å². The van der Waals surface area contributed by atoms with E-state index in [2.05, 4.69) is 44.7 Å². The summed E-state index contributed by atoms with van der Waals surface area (Å²) in [4.78, 5) is 15.7. The molecule has 1 fully saturated rings. The van der Waals surface area contributed by atoms with Gasteiger partial charge in [0.2, 0.25) is 5.95 Å². The Morgan fingerprint density at radius 1 is 1.12 bits per heavy atom. The zero-order chi connectivity index (χ0) is 16.7. The highest BCUT2D eigenvalue weighted by atomic mass is 15.2. The molecule has 0 atom stereocenters. The van der Waals surface area contributed by atoms with Crippen molar-refractivity contribution in [3.05, 3.63) is 41.9 Å². The van der Waals surface area contributed by atoms with Gasteiger partial charge < -0.3 is 15.2 Å². The van der Waals surface area contributed by atoms with E-state index in [1.807, 2.05) is 13.0 Å². The quantitative estimate of drug-likeness (QED) is 0.785. The number of nitrogens with two attached hydrogens (primary N) is 1. The van der Waals surface area contributed by atoms with E-state index in [1.54, 1.807) is 6.20 Å². The molecule has 1 aliphatic heterocycles. The van der Waals surface area contributed by atoms with Crippen molar-refractivity contribution in [3.8, 4) is 0 Å². The van der Waals surface area contributed by atoms with Gasteiger partial charge in [-0.2, -0.15) is 4.98 Å². The van der Waals surface area contributed by atoms with E-state index in [4.69, 9.17) is 10.7 Å². The van der Waals surface area contributed by atoms with E-state index in [0.29, 0.717) is 11.9 Å². The van der Waals surface area contributed by atoms with Gasteiger partial charge in [0, 0.05) is 37.8 Å². The fraction of sp³-hybridized carbons (Fsp3) is 0.389. The molecular weight excluding hydrogens is 300 g/mol. The minimum absolute atomic E-state index is 0.341. The molecule has 2 N–H and O–H groups in total. The summed E-state index contributed by atoms with van der Waals surface area (Å²) in [5.74, 6) is 2.98. The van der Waals surface area contributed by atoms with Crippen LogP contribution in [0, 0.1) is 6.92 Å². The summed E-state index contributed by atoms with van der Waals surface area (Å²) >= 11 is 0. The fourth-order valence-electron chi connectivity index (χ4n) is 3.65. The van der Waals surface area contributed by atoms with Crippen molar-refractivity contribution < 1.29 is 0 Å². The number of benzene rings is 1. The maximum absolute atomic E-state index is 5.75. The molecule has 3 aromatic rings. The largest absolute Gasteiger partial charge is 0.368 e. The molecule has 4 rings (SSSR count). The second kappa shape index (κ2) is 5.78. The van der Waals surface area contributed by atoms with Gasteiger partial charge >= 0.3 is 0 Å². The third-order valence-electron chi connectivity index (χ3n) is 4.95. The number of hydrogen-bond acceptors (Lipinski definition) is 5. The Kier molecular flexibility index (Phi) is 3.59. The number of aryl methyl sites for hydroxylation is 2. The molecule has 1 aliphatic rings. The Labute approximate surface area is 141 Å². The van der Waals surface area contributed by atoms with Gasteiger partial charge in [0.15, 0.2) is 0 Å². The lowest BCUT2D eigenvalue weighted by atomic mass is 9.95. The second-order valence-electron chi connectivity index (χ2n) is 6.51. The summed E-state index contributed by atoms with van der Waals surface area (Å²) in [6, 6.07) is 8.33. The molecule has 0 saturated carbocycles. The topological polar surface area (TPSA) is 72.9 Å². The zero-order valence-corrected chi connectivity index (χ0v) is 14.1. The van der Waals surface area contributed by atoms with Crippen molar-refractivity contribution in [2.24, 2.45) is 7.05 Å². The minimum atomic E-state index is 0.341. The molecule has 6 nitrogen and oxygen atoms in total. The third kappa shape index (κ3) is 2.48. The average Bonchev–Trinajstić information content (AvgIpc) is 2.95. The summed E-state index contributed by atoms with van der Waals surface area (Å²) in [5, 5.41) is 0. The number of anilines is 2. The molecule has 124 valence electrons. The number of nitrogens with zero attached hydrogens (tertiary/aromatic N) is 5. The molecule has 0 unspecified atom stereocenters. The molecular formula is C18H22N6. The fourth-order valence-corrected chi connectivity index (χ4v) is 3.65. The van der Waals surface area contributed by atoms with Crippen LogP contribution in [0.4, 0.5) is 11.8 Å². The Hall–Kier alpha value is -2.63. The van der Waals surface area contributed by atoms with Gasteiger partial charge in [-0.05, 0) is 31.9 Å². The Bertz CT molecular complexity index is 876. The highest BCUT2D eigenvalue weighted by Crippen LogP contribution is 2.31. The normalized spacial score (nSPS) is 16.0. The van der Waals surface area contributed by atoms with Crippen LogP contribution in [0.15, 0.2) is 30.5 Å². The number of para-hydroxylation sites is 2. The van der Waals surface area contributed by atoms with Crippen LogP contribution in [-0.2, 0) is 7.05 Å². The lowest BCUT2D eigenvalue weighted by Gasteiger charge is -2.33. The van der Waals surface area contributed by atoms with Crippen LogP contribution in [0.2, 0.25) is 0 Å². The van der Waals surface area contributed by atoms with Gasteiger partial charge in [0.25, 0.3) is 0 Å². The van der Waals surface area contributed by atoms with E-state index >= 15 is 0 Å². The summed E-state index contributed by atoms with van der Waals surface area (Å²) in [6.45, 7) is 3.96. The summed E-state index contributed by atoms with van der Waals surface area (Å²) < 4.78 is 2.24. The molecule has 0 radical (unpaired) electrons. The van der Waals surface area contributed by atoms with Crippen LogP contribution >= 0.6 is 0 Å². The Morgan fingerprint density at radius 3 is 2.62 bits per heavy atom. The lowest BCUT2D eigenvalue weighted by Crippen LogP contribution is -2.34. The van der Waals surface area contributed by atoms with Crippen molar-refractivity contribution in [2.45, 2.75) is 25.7 Å². The van der Waals surface area contributed by atoms with Crippen molar-refractivity contribution in [3.63, 3.8) is 0 Å². The molecule has 6 heteroatoms. The Balaban J connectivity index is 1.55. The number of rotatable bonds is 2. The monoisotopic (exact) mass is 322 g/mol. The number of aromatic nitrogens is 4. The molecule has 1 aromatic carbocycles.